The first-order valence-corrected chi connectivity index (χ1v) is 9.74. The van der Waals surface area contributed by atoms with Gasteiger partial charge in [-0.2, -0.15) is 0 Å². The third-order valence-electron chi connectivity index (χ3n) is 5.88. The van der Waals surface area contributed by atoms with Gasteiger partial charge in [-0.1, -0.05) is 30.3 Å². The van der Waals surface area contributed by atoms with Crippen molar-refractivity contribution in [2.45, 2.75) is 24.9 Å². The Hall–Kier alpha value is -3.49. The molecule has 31 heavy (non-hydrogen) atoms. The zero-order valence-corrected chi connectivity index (χ0v) is 16.4. The molecule has 0 spiro atoms. The summed E-state index contributed by atoms with van der Waals surface area (Å²) in [5.74, 6) is -0.712. The van der Waals surface area contributed by atoms with Crippen LogP contribution in [0.4, 0.5) is 13.2 Å². The van der Waals surface area contributed by atoms with E-state index in [0.717, 1.165) is 22.2 Å². The molecule has 1 saturated heterocycles. The van der Waals surface area contributed by atoms with Crippen LogP contribution in [-0.4, -0.2) is 52.6 Å². The number of carbonyl (C=O) groups is 2. The number of H-pyrrole nitrogens is 1. The normalized spacial score (nSPS) is 21.3. The molecule has 1 aromatic heterocycles. The third kappa shape index (κ3) is 3.20. The van der Waals surface area contributed by atoms with Crippen molar-refractivity contribution in [3.8, 4) is 5.75 Å². The van der Waals surface area contributed by atoms with Crippen molar-refractivity contribution in [3.63, 3.8) is 0 Å². The standard InChI is InChI=1S/C22H18F3N3O3/c1-27-11-18(29)28-17(21(27)30)10-15-14-4-2-3-5-16(14)26-19(15)20(28)12-6-8-13(9-7-12)31-22(23,24)25/h2-9,17,20,26H,10-11H2,1H3. The van der Waals surface area contributed by atoms with E-state index in [1.807, 2.05) is 24.3 Å². The van der Waals surface area contributed by atoms with E-state index < -0.39 is 18.4 Å². The van der Waals surface area contributed by atoms with Gasteiger partial charge >= 0.3 is 6.36 Å². The highest BCUT2D eigenvalue weighted by Crippen LogP contribution is 2.42. The zero-order chi connectivity index (χ0) is 21.9. The first-order valence-electron chi connectivity index (χ1n) is 9.74. The Kier molecular flexibility index (Phi) is 4.25. The fourth-order valence-corrected chi connectivity index (χ4v) is 4.60. The molecule has 6 nitrogen and oxygen atoms in total. The van der Waals surface area contributed by atoms with Gasteiger partial charge in [0.05, 0.1) is 12.6 Å². The third-order valence-corrected chi connectivity index (χ3v) is 5.88. The number of para-hydroxylation sites is 1. The summed E-state index contributed by atoms with van der Waals surface area (Å²) in [5, 5.41) is 0.965. The number of ether oxygens (including phenoxy) is 1. The maximum Gasteiger partial charge on any atom is 0.573 e. The van der Waals surface area contributed by atoms with Crippen LogP contribution in [0.5, 0.6) is 5.75 Å². The summed E-state index contributed by atoms with van der Waals surface area (Å²) in [4.78, 5) is 32.3. The van der Waals surface area contributed by atoms with E-state index in [1.165, 1.54) is 29.2 Å². The van der Waals surface area contributed by atoms with E-state index in [-0.39, 0.29) is 24.1 Å². The molecule has 2 amide bonds. The predicted molar refractivity (Wildman–Crippen MR) is 105 cm³/mol. The van der Waals surface area contributed by atoms with Gasteiger partial charge in [0.2, 0.25) is 11.8 Å². The van der Waals surface area contributed by atoms with Crippen LogP contribution in [-0.2, 0) is 16.0 Å². The van der Waals surface area contributed by atoms with Gasteiger partial charge in [-0.3, -0.25) is 9.59 Å². The number of aromatic amines is 1. The minimum Gasteiger partial charge on any atom is -0.406 e. The number of amides is 2. The van der Waals surface area contributed by atoms with E-state index in [1.54, 1.807) is 11.9 Å². The summed E-state index contributed by atoms with van der Waals surface area (Å²) in [6.45, 7) is -0.0450. The lowest BCUT2D eigenvalue weighted by Gasteiger charge is -2.46. The molecule has 9 heteroatoms. The Morgan fingerprint density at radius 1 is 1.06 bits per heavy atom. The number of nitrogens with zero attached hydrogens (tertiary/aromatic N) is 2. The molecular formula is C22H18F3N3O3. The van der Waals surface area contributed by atoms with Gasteiger partial charge in [0, 0.05) is 30.1 Å². The summed E-state index contributed by atoms with van der Waals surface area (Å²) >= 11 is 0. The summed E-state index contributed by atoms with van der Waals surface area (Å²) in [5.41, 5.74) is 3.18. The molecule has 160 valence electrons. The van der Waals surface area contributed by atoms with E-state index in [9.17, 15) is 22.8 Å². The molecule has 0 aliphatic carbocycles. The lowest BCUT2D eigenvalue weighted by Crippen LogP contribution is -2.62. The van der Waals surface area contributed by atoms with Crippen molar-refractivity contribution >= 4 is 22.7 Å². The number of fused-ring (bicyclic) bond motifs is 4. The van der Waals surface area contributed by atoms with Crippen molar-refractivity contribution in [2.75, 3.05) is 13.6 Å². The molecule has 5 rings (SSSR count). The first kappa shape index (κ1) is 19.5. The molecule has 1 fully saturated rings. The Bertz CT molecular complexity index is 1190. The summed E-state index contributed by atoms with van der Waals surface area (Å²) < 4.78 is 41.6. The van der Waals surface area contributed by atoms with E-state index >= 15 is 0 Å². The number of rotatable bonds is 2. The Morgan fingerprint density at radius 3 is 2.48 bits per heavy atom. The predicted octanol–water partition coefficient (Wildman–Crippen LogP) is 3.38. The second-order valence-electron chi connectivity index (χ2n) is 7.80. The Morgan fingerprint density at radius 2 is 1.77 bits per heavy atom. The highest BCUT2D eigenvalue weighted by Gasteiger charge is 2.47. The molecule has 2 unspecified atom stereocenters. The Labute approximate surface area is 175 Å². The van der Waals surface area contributed by atoms with Gasteiger partial charge < -0.3 is 19.5 Å². The van der Waals surface area contributed by atoms with Crippen molar-refractivity contribution in [1.29, 1.82) is 0 Å². The number of alkyl halides is 3. The molecule has 0 saturated carbocycles. The minimum atomic E-state index is -4.79. The van der Waals surface area contributed by atoms with Gasteiger partial charge in [0.15, 0.2) is 0 Å². The molecule has 1 N–H and O–H groups in total. The average Bonchev–Trinajstić information content (AvgIpc) is 3.08. The van der Waals surface area contributed by atoms with Gasteiger partial charge in [-0.25, -0.2) is 0 Å². The SMILES string of the molecule is CN1CC(=O)N2C(Cc3c([nH]c4ccccc34)C2c2ccc(OC(F)(F)F)cc2)C1=O. The molecule has 2 atom stereocenters. The second-order valence-corrected chi connectivity index (χ2v) is 7.80. The number of hydrogen-bond donors (Lipinski definition) is 1. The van der Waals surface area contributed by atoms with Crippen molar-refractivity contribution in [2.24, 2.45) is 0 Å². The average molecular weight is 429 g/mol. The van der Waals surface area contributed by atoms with E-state index in [4.69, 9.17) is 0 Å². The topological polar surface area (TPSA) is 65.6 Å². The quantitative estimate of drug-likeness (QED) is 0.679. The van der Waals surface area contributed by atoms with Gasteiger partial charge in [0.25, 0.3) is 0 Å². The molecule has 3 aromatic rings. The molecule has 2 aliphatic rings. The smallest absolute Gasteiger partial charge is 0.406 e. The van der Waals surface area contributed by atoms with Crippen molar-refractivity contribution in [1.82, 2.24) is 14.8 Å². The van der Waals surface area contributed by atoms with Crippen LogP contribution in [0.1, 0.15) is 22.9 Å². The number of halogens is 3. The van der Waals surface area contributed by atoms with Gasteiger partial charge in [-0.15, -0.1) is 13.2 Å². The molecule has 3 heterocycles. The lowest BCUT2D eigenvalue weighted by atomic mass is 9.86. The highest BCUT2D eigenvalue weighted by atomic mass is 19.4. The molecule has 2 aromatic carbocycles. The fraction of sp³-hybridized carbons (Fsp3) is 0.273. The van der Waals surface area contributed by atoms with Crippen LogP contribution in [0.3, 0.4) is 0 Å². The molecular weight excluding hydrogens is 411 g/mol. The van der Waals surface area contributed by atoms with Crippen LogP contribution in [0.2, 0.25) is 0 Å². The van der Waals surface area contributed by atoms with Crippen LogP contribution >= 0.6 is 0 Å². The molecule has 2 aliphatic heterocycles. The zero-order valence-electron chi connectivity index (χ0n) is 16.4. The Balaban J connectivity index is 1.65. The minimum absolute atomic E-state index is 0.0450. The second kappa shape index (κ2) is 6.76. The number of carbonyl (C=O) groups excluding carboxylic acids is 2. The molecule has 0 bridgehead atoms. The number of benzene rings is 2. The van der Waals surface area contributed by atoms with E-state index in [0.29, 0.717) is 12.0 Å². The number of aromatic nitrogens is 1. The number of nitrogens with one attached hydrogen (secondary N) is 1. The van der Waals surface area contributed by atoms with Crippen LogP contribution in [0.15, 0.2) is 48.5 Å². The molecule has 0 radical (unpaired) electrons. The maximum absolute atomic E-state index is 13.0. The van der Waals surface area contributed by atoms with Gasteiger partial charge in [-0.05, 0) is 29.3 Å². The highest BCUT2D eigenvalue weighted by molar-refractivity contribution is 5.97. The van der Waals surface area contributed by atoms with Crippen LogP contribution < -0.4 is 4.74 Å². The van der Waals surface area contributed by atoms with Crippen molar-refractivity contribution in [3.05, 3.63) is 65.4 Å². The monoisotopic (exact) mass is 429 g/mol. The number of piperazine rings is 1. The largest absolute Gasteiger partial charge is 0.573 e. The first-order chi connectivity index (χ1) is 14.7. The summed E-state index contributed by atoms with van der Waals surface area (Å²) in [6, 6.07) is 11.8. The van der Waals surface area contributed by atoms with Crippen LogP contribution in [0, 0.1) is 0 Å². The summed E-state index contributed by atoms with van der Waals surface area (Å²) in [7, 11) is 1.60. The van der Waals surface area contributed by atoms with E-state index in [2.05, 4.69) is 9.72 Å². The fourth-order valence-electron chi connectivity index (χ4n) is 4.60. The maximum atomic E-state index is 13.0. The summed E-state index contributed by atoms with van der Waals surface area (Å²) in [6.07, 6.45) is -4.42. The van der Waals surface area contributed by atoms with Gasteiger partial charge in [0.1, 0.15) is 11.8 Å². The van der Waals surface area contributed by atoms with Crippen LogP contribution in [0.25, 0.3) is 10.9 Å². The number of hydrogen-bond acceptors (Lipinski definition) is 3. The lowest BCUT2D eigenvalue weighted by molar-refractivity contribution is -0.274. The van der Waals surface area contributed by atoms with Crippen molar-refractivity contribution < 1.29 is 27.5 Å². The number of likely N-dealkylation sites (N-methyl/N-ethyl adjacent to an activating group) is 1.